The Bertz CT molecular complexity index is 393. The van der Waals surface area contributed by atoms with E-state index < -0.39 is 18.1 Å². The number of ether oxygens (including phenoxy) is 1. The maximum atomic E-state index is 12.1. The number of carbonyl (C=O) groups excluding carboxylic acids is 1. The molecule has 0 saturated carbocycles. The number of carbonyl (C=O) groups is 1. The number of quaternary nitrogens is 1. The van der Waals surface area contributed by atoms with E-state index in [0.29, 0.717) is 0 Å². The van der Waals surface area contributed by atoms with E-state index in [9.17, 15) is 18.7 Å². The van der Waals surface area contributed by atoms with E-state index in [0.717, 1.165) is 0 Å². The monoisotopic (exact) mass is 231 g/mol. The average molecular weight is 231 g/mol. The minimum atomic E-state index is -3.02. The lowest BCUT2D eigenvalue weighted by atomic mass is 9.92. The summed E-state index contributed by atoms with van der Waals surface area (Å²) in [6.45, 7) is -1.76. The summed E-state index contributed by atoms with van der Waals surface area (Å²) in [5.74, 6) is -1.67. The number of benzene rings is 1. The molecule has 0 aliphatic rings. The van der Waals surface area contributed by atoms with Crippen molar-refractivity contribution in [3.63, 3.8) is 0 Å². The number of para-hydroxylation sites is 1. The SMILES string of the molecule is C[C@@]([NH3+])(C(=O)[O-])c1ccccc1OC(F)F. The fraction of sp³-hybridized carbons (Fsp3) is 0.300. The molecule has 0 aliphatic heterocycles. The summed E-state index contributed by atoms with van der Waals surface area (Å²) in [5, 5.41) is 10.8. The first-order valence-corrected chi connectivity index (χ1v) is 4.47. The van der Waals surface area contributed by atoms with Crippen molar-refractivity contribution in [2.24, 2.45) is 0 Å². The van der Waals surface area contributed by atoms with Crippen molar-refractivity contribution in [1.29, 1.82) is 0 Å². The summed E-state index contributed by atoms with van der Waals surface area (Å²) in [4.78, 5) is 10.8. The molecule has 0 fully saturated rings. The molecule has 88 valence electrons. The van der Waals surface area contributed by atoms with E-state index in [1.807, 2.05) is 0 Å². The molecule has 1 atom stereocenters. The molecule has 0 aliphatic carbocycles. The average Bonchev–Trinajstić information content (AvgIpc) is 2.17. The zero-order chi connectivity index (χ0) is 12.3. The van der Waals surface area contributed by atoms with Gasteiger partial charge in [-0.1, -0.05) is 12.1 Å². The molecule has 0 unspecified atom stereocenters. The van der Waals surface area contributed by atoms with Crippen LogP contribution in [0.3, 0.4) is 0 Å². The van der Waals surface area contributed by atoms with Gasteiger partial charge in [-0.05, 0) is 12.1 Å². The highest BCUT2D eigenvalue weighted by Gasteiger charge is 2.31. The van der Waals surface area contributed by atoms with Crippen LogP contribution in [0, 0.1) is 0 Å². The number of alkyl halides is 2. The highest BCUT2D eigenvalue weighted by atomic mass is 19.3. The Kier molecular flexibility index (Phi) is 3.44. The molecule has 0 spiro atoms. The molecule has 3 N–H and O–H groups in total. The molecule has 0 radical (unpaired) electrons. The number of rotatable bonds is 4. The van der Waals surface area contributed by atoms with Crippen molar-refractivity contribution < 1.29 is 29.2 Å². The fourth-order valence-electron chi connectivity index (χ4n) is 1.23. The first-order chi connectivity index (χ1) is 7.35. The normalized spacial score (nSPS) is 14.6. The Morgan fingerprint density at radius 1 is 1.50 bits per heavy atom. The van der Waals surface area contributed by atoms with Crippen molar-refractivity contribution >= 4 is 5.97 Å². The second-order valence-corrected chi connectivity index (χ2v) is 3.49. The molecule has 0 bridgehead atoms. The molecule has 1 rings (SSSR count). The van der Waals surface area contributed by atoms with E-state index >= 15 is 0 Å². The Balaban J connectivity index is 3.17. The first kappa shape index (κ1) is 12.4. The minimum absolute atomic E-state index is 0.0512. The van der Waals surface area contributed by atoms with Crippen LogP contribution in [0.4, 0.5) is 8.78 Å². The summed E-state index contributed by atoms with van der Waals surface area (Å²) in [6.07, 6.45) is 0. The third-order valence-corrected chi connectivity index (χ3v) is 2.15. The number of carboxylic acid groups (broad SMARTS) is 1. The zero-order valence-corrected chi connectivity index (χ0v) is 8.57. The Hall–Kier alpha value is -1.69. The highest BCUT2D eigenvalue weighted by molar-refractivity contribution is 5.77. The van der Waals surface area contributed by atoms with Gasteiger partial charge in [0.2, 0.25) is 0 Å². The quantitative estimate of drug-likeness (QED) is 0.758. The molecule has 0 heterocycles. The van der Waals surface area contributed by atoms with E-state index in [1.54, 1.807) is 0 Å². The van der Waals surface area contributed by atoms with Gasteiger partial charge in [0.1, 0.15) is 11.7 Å². The predicted octanol–water partition coefficient (Wildman–Crippen LogP) is -0.505. The number of hydrogen-bond donors (Lipinski definition) is 1. The van der Waals surface area contributed by atoms with E-state index in [4.69, 9.17) is 0 Å². The van der Waals surface area contributed by atoms with Crippen LogP contribution < -0.4 is 15.6 Å². The van der Waals surface area contributed by atoms with E-state index in [-0.39, 0.29) is 11.3 Å². The molecular weight excluding hydrogens is 220 g/mol. The molecule has 1 aromatic carbocycles. The van der Waals surface area contributed by atoms with Gasteiger partial charge >= 0.3 is 6.61 Å². The van der Waals surface area contributed by atoms with Gasteiger partial charge in [0.15, 0.2) is 5.54 Å². The van der Waals surface area contributed by atoms with Gasteiger partial charge in [0.05, 0.1) is 5.56 Å². The van der Waals surface area contributed by atoms with Crippen molar-refractivity contribution in [1.82, 2.24) is 0 Å². The van der Waals surface area contributed by atoms with Gasteiger partial charge < -0.3 is 20.4 Å². The minimum Gasteiger partial charge on any atom is -0.543 e. The summed E-state index contributed by atoms with van der Waals surface area (Å²) >= 11 is 0. The standard InChI is InChI=1S/C10H11F2NO3/c1-10(13,8(14)15)6-4-2-3-5-7(6)16-9(11)12/h2-5,9H,13H2,1H3,(H,14,15)/t10-/m0/s1. The predicted molar refractivity (Wildman–Crippen MR) is 48.3 cm³/mol. The third-order valence-electron chi connectivity index (χ3n) is 2.15. The largest absolute Gasteiger partial charge is 0.543 e. The Morgan fingerprint density at radius 2 is 2.06 bits per heavy atom. The lowest BCUT2D eigenvalue weighted by molar-refractivity contribution is -0.489. The molecule has 6 heteroatoms. The third kappa shape index (κ3) is 2.46. The maximum Gasteiger partial charge on any atom is 0.387 e. The van der Waals surface area contributed by atoms with Crippen LogP contribution in [0.1, 0.15) is 12.5 Å². The van der Waals surface area contributed by atoms with Crippen molar-refractivity contribution in [3.05, 3.63) is 29.8 Å². The van der Waals surface area contributed by atoms with Gasteiger partial charge in [-0.2, -0.15) is 8.78 Å². The Morgan fingerprint density at radius 3 is 2.56 bits per heavy atom. The number of carboxylic acids is 1. The highest BCUT2D eigenvalue weighted by Crippen LogP contribution is 2.27. The Labute approximate surface area is 90.6 Å². The topological polar surface area (TPSA) is 77.0 Å². The van der Waals surface area contributed by atoms with E-state index in [2.05, 4.69) is 10.5 Å². The molecule has 16 heavy (non-hydrogen) atoms. The first-order valence-electron chi connectivity index (χ1n) is 4.47. The van der Waals surface area contributed by atoms with Gasteiger partial charge in [0.25, 0.3) is 0 Å². The lowest BCUT2D eigenvalue weighted by Crippen LogP contribution is -2.75. The van der Waals surface area contributed by atoms with Gasteiger partial charge in [-0.15, -0.1) is 0 Å². The summed E-state index contributed by atoms with van der Waals surface area (Å²) in [7, 11) is 0. The van der Waals surface area contributed by atoms with Crippen LogP contribution in [0.25, 0.3) is 0 Å². The van der Waals surface area contributed by atoms with Crippen molar-refractivity contribution in [3.8, 4) is 5.75 Å². The molecule has 0 saturated heterocycles. The molecule has 1 aromatic rings. The van der Waals surface area contributed by atoms with Crippen molar-refractivity contribution in [2.75, 3.05) is 0 Å². The smallest absolute Gasteiger partial charge is 0.387 e. The van der Waals surface area contributed by atoms with Crippen LogP contribution in [-0.4, -0.2) is 12.6 Å². The fourth-order valence-corrected chi connectivity index (χ4v) is 1.23. The second kappa shape index (κ2) is 4.44. The maximum absolute atomic E-state index is 12.1. The van der Waals surface area contributed by atoms with E-state index in [1.165, 1.54) is 31.2 Å². The molecule has 4 nitrogen and oxygen atoms in total. The van der Waals surface area contributed by atoms with Crippen LogP contribution in [-0.2, 0) is 10.3 Å². The number of hydrogen-bond acceptors (Lipinski definition) is 3. The summed E-state index contributed by atoms with van der Waals surface area (Å²) < 4.78 is 28.4. The second-order valence-electron chi connectivity index (χ2n) is 3.49. The molecule has 0 aromatic heterocycles. The molecular formula is C10H11F2NO3. The number of halogens is 2. The summed E-state index contributed by atoms with van der Waals surface area (Å²) in [5.41, 5.74) is 1.84. The number of aliphatic carboxylic acids is 1. The van der Waals surface area contributed by atoms with Crippen LogP contribution >= 0.6 is 0 Å². The van der Waals surface area contributed by atoms with Crippen LogP contribution in [0.2, 0.25) is 0 Å². The van der Waals surface area contributed by atoms with Crippen molar-refractivity contribution in [2.45, 2.75) is 19.1 Å². The van der Waals surface area contributed by atoms with Gasteiger partial charge in [0, 0.05) is 6.92 Å². The zero-order valence-electron chi connectivity index (χ0n) is 8.57. The molecule has 0 amide bonds. The lowest BCUT2D eigenvalue weighted by Gasteiger charge is -2.24. The van der Waals surface area contributed by atoms with Gasteiger partial charge in [-0.25, -0.2) is 0 Å². The summed E-state index contributed by atoms with van der Waals surface area (Å²) in [6, 6.07) is 5.60. The van der Waals surface area contributed by atoms with Crippen LogP contribution in [0.15, 0.2) is 24.3 Å². The van der Waals surface area contributed by atoms with Gasteiger partial charge in [-0.3, -0.25) is 0 Å². The van der Waals surface area contributed by atoms with Crippen LogP contribution in [0.5, 0.6) is 5.75 Å².